The lowest BCUT2D eigenvalue weighted by Gasteiger charge is -2.33. The van der Waals surface area contributed by atoms with E-state index in [1.807, 2.05) is 20.0 Å². The van der Waals surface area contributed by atoms with Gasteiger partial charge in [0.2, 0.25) is 0 Å². The van der Waals surface area contributed by atoms with Gasteiger partial charge in [-0.15, -0.1) is 11.3 Å². The SMILES string of the molecule is CC.CC(C)C1CCN(c2nccs2)CC1. The van der Waals surface area contributed by atoms with Gasteiger partial charge >= 0.3 is 0 Å². The lowest BCUT2D eigenvalue weighted by atomic mass is 9.87. The number of piperidine rings is 1. The minimum Gasteiger partial charge on any atom is -0.348 e. The molecule has 1 aliphatic rings. The molecule has 2 heterocycles. The van der Waals surface area contributed by atoms with Crippen molar-refractivity contribution in [2.24, 2.45) is 11.8 Å². The van der Waals surface area contributed by atoms with Gasteiger partial charge < -0.3 is 4.90 Å². The minimum absolute atomic E-state index is 0.841. The Labute approximate surface area is 104 Å². The molecule has 1 fully saturated rings. The zero-order valence-corrected chi connectivity index (χ0v) is 11.8. The van der Waals surface area contributed by atoms with Crippen LogP contribution in [0.1, 0.15) is 40.5 Å². The van der Waals surface area contributed by atoms with Crippen LogP contribution in [0, 0.1) is 11.8 Å². The van der Waals surface area contributed by atoms with Crippen molar-refractivity contribution < 1.29 is 0 Å². The van der Waals surface area contributed by atoms with E-state index in [0.29, 0.717) is 0 Å². The maximum atomic E-state index is 4.35. The van der Waals surface area contributed by atoms with Crippen LogP contribution in [0.3, 0.4) is 0 Å². The fourth-order valence-corrected chi connectivity index (χ4v) is 2.83. The Kier molecular flexibility index (Phi) is 5.81. The number of anilines is 1. The number of aromatic nitrogens is 1. The van der Waals surface area contributed by atoms with Gasteiger partial charge in [-0.1, -0.05) is 27.7 Å². The number of rotatable bonds is 2. The van der Waals surface area contributed by atoms with E-state index in [-0.39, 0.29) is 0 Å². The van der Waals surface area contributed by atoms with Gasteiger partial charge in [0.15, 0.2) is 5.13 Å². The molecule has 0 unspecified atom stereocenters. The van der Waals surface area contributed by atoms with Crippen molar-refractivity contribution in [1.82, 2.24) is 4.98 Å². The molecule has 1 aromatic rings. The first-order chi connectivity index (χ1) is 7.77. The topological polar surface area (TPSA) is 16.1 Å². The van der Waals surface area contributed by atoms with Crippen LogP contribution in [0.2, 0.25) is 0 Å². The number of hydrogen-bond donors (Lipinski definition) is 0. The summed E-state index contributed by atoms with van der Waals surface area (Å²) in [6.07, 6.45) is 4.56. The van der Waals surface area contributed by atoms with Crippen molar-refractivity contribution in [3.63, 3.8) is 0 Å². The van der Waals surface area contributed by atoms with E-state index in [9.17, 15) is 0 Å². The summed E-state index contributed by atoms with van der Waals surface area (Å²) in [7, 11) is 0. The highest BCUT2D eigenvalue weighted by Crippen LogP contribution is 2.28. The first-order valence-corrected chi connectivity index (χ1v) is 7.30. The lowest BCUT2D eigenvalue weighted by Crippen LogP contribution is -2.35. The molecule has 0 saturated carbocycles. The predicted molar refractivity (Wildman–Crippen MR) is 73.2 cm³/mol. The molecule has 0 bridgehead atoms. The fourth-order valence-electron chi connectivity index (χ4n) is 2.13. The Morgan fingerprint density at radius 3 is 2.38 bits per heavy atom. The monoisotopic (exact) mass is 240 g/mol. The first-order valence-electron chi connectivity index (χ1n) is 6.42. The van der Waals surface area contributed by atoms with Crippen molar-refractivity contribution in [1.29, 1.82) is 0 Å². The standard InChI is InChI=1S/C11H18N2S.C2H6/c1-9(2)10-3-6-13(7-4-10)11-12-5-8-14-11;1-2/h5,8-10H,3-4,6-7H2,1-2H3;1-2H3. The summed E-state index contributed by atoms with van der Waals surface area (Å²) in [5.41, 5.74) is 0. The quantitative estimate of drug-likeness (QED) is 0.775. The summed E-state index contributed by atoms with van der Waals surface area (Å²) in [6.45, 7) is 11.1. The second-order valence-corrected chi connectivity index (χ2v) is 5.26. The van der Waals surface area contributed by atoms with E-state index in [2.05, 4.69) is 29.1 Å². The van der Waals surface area contributed by atoms with Crippen molar-refractivity contribution >= 4 is 16.5 Å². The molecule has 3 heteroatoms. The van der Waals surface area contributed by atoms with Crippen LogP contribution in [0.15, 0.2) is 11.6 Å². The highest BCUT2D eigenvalue weighted by Gasteiger charge is 2.22. The van der Waals surface area contributed by atoms with E-state index in [1.54, 1.807) is 11.3 Å². The van der Waals surface area contributed by atoms with Crippen LogP contribution in [0.4, 0.5) is 5.13 Å². The normalized spacial score (nSPS) is 17.2. The Hall–Kier alpha value is -0.570. The second-order valence-electron chi connectivity index (χ2n) is 4.38. The average molecular weight is 240 g/mol. The van der Waals surface area contributed by atoms with Crippen LogP contribution < -0.4 is 4.90 Å². The molecule has 0 spiro atoms. The summed E-state index contributed by atoms with van der Waals surface area (Å²) in [4.78, 5) is 6.77. The molecule has 92 valence electrons. The van der Waals surface area contributed by atoms with E-state index in [4.69, 9.17) is 0 Å². The molecule has 0 amide bonds. The number of nitrogens with zero attached hydrogens (tertiary/aromatic N) is 2. The molecule has 2 nitrogen and oxygen atoms in total. The Morgan fingerprint density at radius 1 is 1.31 bits per heavy atom. The van der Waals surface area contributed by atoms with E-state index < -0.39 is 0 Å². The van der Waals surface area contributed by atoms with Gasteiger partial charge in [0.05, 0.1) is 0 Å². The van der Waals surface area contributed by atoms with Crippen LogP contribution >= 0.6 is 11.3 Å². The van der Waals surface area contributed by atoms with Gasteiger partial charge in [0.1, 0.15) is 0 Å². The predicted octanol–water partition coefficient (Wildman–Crippen LogP) is 4.04. The summed E-state index contributed by atoms with van der Waals surface area (Å²) < 4.78 is 0. The molecule has 1 saturated heterocycles. The summed E-state index contributed by atoms with van der Waals surface area (Å²) in [5.74, 6) is 1.76. The zero-order valence-electron chi connectivity index (χ0n) is 10.9. The number of thiazole rings is 1. The molecular weight excluding hydrogens is 216 g/mol. The summed E-state index contributed by atoms with van der Waals surface area (Å²) in [5, 5.41) is 3.26. The molecule has 1 aliphatic heterocycles. The van der Waals surface area contributed by atoms with Gasteiger partial charge in [-0.25, -0.2) is 4.98 Å². The Morgan fingerprint density at radius 2 is 1.94 bits per heavy atom. The van der Waals surface area contributed by atoms with Crippen molar-refractivity contribution in [2.75, 3.05) is 18.0 Å². The van der Waals surface area contributed by atoms with Gasteiger partial charge in [-0.3, -0.25) is 0 Å². The molecule has 0 aromatic carbocycles. The van der Waals surface area contributed by atoms with Gasteiger partial charge in [-0.05, 0) is 24.7 Å². The molecule has 0 atom stereocenters. The van der Waals surface area contributed by atoms with Gasteiger partial charge in [0.25, 0.3) is 0 Å². The highest BCUT2D eigenvalue weighted by molar-refractivity contribution is 7.13. The maximum absolute atomic E-state index is 4.35. The average Bonchev–Trinajstić information content (AvgIpc) is 2.85. The van der Waals surface area contributed by atoms with Crippen LogP contribution in [-0.4, -0.2) is 18.1 Å². The lowest BCUT2D eigenvalue weighted by molar-refractivity contribution is 0.311. The second kappa shape index (κ2) is 6.89. The third-order valence-corrected chi connectivity index (χ3v) is 4.00. The van der Waals surface area contributed by atoms with Crippen molar-refractivity contribution in [3.8, 4) is 0 Å². The molecule has 16 heavy (non-hydrogen) atoms. The molecular formula is C13H24N2S. The first kappa shape index (κ1) is 13.5. The van der Waals surface area contributed by atoms with E-state index in [0.717, 1.165) is 11.8 Å². The van der Waals surface area contributed by atoms with Crippen molar-refractivity contribution in [2.45, 2.75) is 40.5 Å². The van der Waals surface area contributed by atoms with Crippen LogP contribution in [-0.2, 0) is 0 Å². The Bertz CT molecular complexity index is 261. The fraction of sp³-hybridized carbons (Fsp3) is 0.769. The molecule has 2 rings (SSSR count). The van der Waals surface area contributed by atoms with Crippen LogP contribution in [0.25, 0.3) is 0 Å². The zero-order chi connectivity index (χ0) is 12.0. The largest absolute Gasteiger partial charge is 0.348 e. The third-order valence-electron chi connectivity index (χ3n) is 3.17. The molecule has 0 aliphatic carbocycles. The smallest absolute Gasteiger partial charge is 0.185 e. The third kappa shape index (κ3) is 3.48. The summed E-state index contributed by atoms with van der Waals surface area (Å²) >= 11 is 1.75. The van der Waals surface area contributed by atoms with Gasteiger partial charge in [-0.2, -0.15) is 0 Å². The molecule has 0 radical (unpaired) electrons. The minimum atomic E-state index is 0.841. The van der Waals surface area contributed by atoms with Crippen LogP contribution in [0.5, 0.6) is 0 Å². The van der Waals surface area contributed by atoms with Gasteiger partial charge in [0, 0.05) is 24.7 Å². The van der Waals surface area contributed by atoms with E-state index in [1.165, 1.54) is 31.1 Å². The molecule has 0 N–H and O–H groups in total. The highest BCUT2D eigenvalue weighted by atomic mass is 32.1. The van der Waals surface area contributed by atoms with E-state index >= 15 is 0 Å². The molecule has 1 aromatic heterocycles. The Balaban J connectivity index is 0.000000606. The maximum Gasteiger partial charge on any atom is 0.185 e. The van der Waals surface area contributed by atoms with Crippen molar-refractivity contribution in [3.05, 3.63) is 11.6 Å². The number of hydrogen-bond acceptors (Lipinski definition) is 3. The summed E-state index contributed by atoms with van der Waals surface area (Å²) in [6, 6.07) is 0.